The minimum Gasteiger partial charge on any atom is -0.493 e. The Morgan fingerprint density at radius 2 is 2.00 bits per heavy atom. The first-order valence-electron chi connectivity index (χ1n) is 10.4. The van der Waals surface area contributed by atoms with E-state index in [9.17, 15) is 4.79 Å². The van der Waals surface area contributed by atoms with Gasteiger partial charge in [0.2, 0.25) is 23.2 Å². The average Bonchev–Trinajstić information content (AvgIpc) is 2.95. The Kier molecular flexibility index (Phi) is 6.70. The first kappa shape index (κ1) is 21.8. The van der Waals surface area contributed by atoms with Crippen molar-refractivity contribution in [2.24, 2.45) is 0 Å². The van der Waals surface area contributed by atoms with Crippen molar-refractivity contribution < 1.29 is 14.3 Å². The largest absolute Gasteiger partial charge is 0.493 e. The predicted octanol–water partition coefficient (Wildman–Crippen LogP) is 5.05. The van der Waals surface area contributed by atoms with Crippen molar-refractivity contribution in [1.82, 2.24) is 15.2 Å². The van der Waals surface area contributed by atoms with Gasteiger partial charge in [0, 0.05) is 18.2 Å². The van der Waals surface area contributed by atoms with Gasteiger partial charge in [-0.25, -0.2) is 0 Å². The average molecular weight is 449 g/mol. The number of anilines is 1. The van der Waals surface area contributed by atoms with Crippen LogP contribution in [0.15, 0.2) is 66.3 Å². The SMILES string of the molecule is C=CCSc1nnc2c(n1)O[C@H](c1ccccc1OCCC)N(C(C)=O)c1ccccc1-2. The summed E-state index contributed by atoms with van der Waals surface area (Å²) in [4.78, 5) is 19.1. The van der Waals surface area contributed by atoms with Gasteiger partial charge in [-0.2, -0.15) is 4.98 Å². The van der Waals surface area contributed by atoms with Crippen LogP contribution in [0.2, 0.25) is 0 Å². The summed E-state index contributed by atoms with van der Waals surface area (Å²) in [5, 5.41) is 9.13. The summed E-state index contributed by atoms with van der Waals surface area (Å²) in [5.41, 5.74) is 2.63. The second kappa shape index (κ2) is 9.82. The second-order valence-electron chi connectivity index (χ2n) is 7.11. The number of hydrogen-bond acceptors (Lipinski definition) is 7. The molecule has 2 aromatic carbocycles. The fourth-order valence-corrected chi connectivity index (χ4v) is 3.99. The Morgan fingerprint density at radius 3 is 2.78 bits per heavy atom. The molecule has 32 heavy (non-hydrogen) atoms. The van der Waals surface area contributed by atoms with Gasteiger partial charge in [0.1, 0.15) is 5.75 Å². The van der Waals surface area contributed by atoms with Crippen LogP contribution in [0.25, 0.3) is 11.3 Å². The summed E-state index contributed by atoms with van der Waals surface area (Å²) in [6.07, 6.45) is 1.86. The maximum absolute atomic E-state index is 12.9. The van der Waals surface area contributed by atoms with E-state index in [-0.39, 0.29) is 5.91 Å². The molecule has 0 saturated heterocycles. The van der Waals surface area contributed by atoms with E-state index in [0.717, 1.165) is 17.5 Å². The number of benzene rings is 2. The van der Waals surface area contributed by atoms with E-state index >= 15 is 0 Å². The molecule has 3 aromatic rings. The smallest absolute Gasteiger partial charge is 0.247 e. The molecule has 0 spiro atoms. The number of thioether (sulfide) groups is 1. The number of nitrogens with zero attached hydrogens (tertiary/aromatic N) is 4. The van der Waals surface area contributed by atoms with Crippen LogP contribution in [0.1, 0.15) is 32.1 Å². The number of carbonyl (C=O) groups excluding carboxylic acids is 1. The van der Waals surface area contributed by atoms with Crippen molar-refractivity contribution in [3.63, 3.8) is 0 Å². The number of carbonyl (C=O) groups is 1. The number of para-hydroxylation sites is 2. The lowest BCUT2D eigenvalue weighted by molar-refractivity contribution is -0.118. The van der Waals surface area contributed by atoms with Crippen molar-refractivity contribution in [1.29, 1.82) is 0 Å². The van der Waals surface area contributed by atoms with Gasteiger partial charge in [-0.05, 0) is 24.6 Å². The predicted molar refractivity (Wildman–Crippen MR) is 125 cm³/mol. The topological polar surface area (TPSA) is 77.4 Å². The second-order valence-corrected chi connectivity index (χ2v) is 8.10. The van der Waals surface area contributed by atoms with E-state index in [1.54, 1.807) is 11.0 Å². The van der Waals surface area contributed by atoms with Gasteiger partial charge in [0.25, 0.3) is 0 Å². The van der Waals surface area contributed by atoms with E-state index in [1.165, 1.54) is 18.7 Å². The quantitative estimate of drug-likeness (QED) is 0.370. The molecule has 4 rings (SSSR count). The maximum atomic E-state index is 12.9. The minimum absolute atomic E-state index is 0.172. The molecule has 8 heteroatoms. The minimum atomic E-state index is -0.781. The van der Waals surface area contributed by atoms with E-state index < -0.39 is 6.23 Å². The van der Waals surface area contributed by atoms with Crippen molar-refractivity contribution in [3.8, 4) is 22.9 Å². The monoisotopic (exact) mass is 448 g/mol. The number of rotatable bonds is 7. The number of ether oxygens (including phenoxy) is 2. The molecule has 0 fully saturated rings. The Balaban J connectivity index is 1.90. The van der Waals surface area contributed by atoms with E-state index in [2.05, 4.69) is 21.8 Å². The molecule has 1 atom stereocenters. The highest BCUT2D eigenvalue weighted by atomic mass is 32.2. The highest BCUT2D eigenvalue weighted by Gasteiger charge is 2.35. The normalized spacial score (nSPS) is 14.6. The van der Waals surface area contributed by atoms with Crippen molar-refractivity contribution in [2.45, 2.75) is 31.7 Å². The van der Waals surface area contributed by atoms with Crippen LogP contribution < -0.4 is 14.4 Å². The lowest BCUT2D eigenvalue weighted by Crippen LogP contribution is -2.36. The third kappa shape index (κ3) is 4.31. The first-order valence-corrected chi connectivity index (χ1v) is 11.4. The summed E-state index contributed by atoms with van der Waals surface area (Å²) in [7, 11) is 0. The van der Waals surface area contributed by atoms with Crippen molar-refractivity contribution in [3.05, 3.63) is 66.7 Å². The Morgan fingerprint density at radius 1 is 1.22 bits per heavy atom. The van der Waals surface area contributed by atoms with Crippen molar-refractivity contribution >= 4 is 23.4 Å². The van der Waals surface area contributed by atoms with E-state index in [4.69, 9.17) is 9.47 Å². The molecule has 0 N–H and O–H groups in total. The lowest BCUT2D eigenvalue weighted by atomic mass is 10.1. The standard InChI is InChI=1S/C24H24N4O3S/c1-4-14-30-20-13-9-7-11-18(20)23-28(16(3)29)19-12-8-6-10-17(19)21-22(31-23)25-24(27-26-21)32-15-5-2/h5-13,23H,2,4,14-15H2,1,3H3/t23-/m1/s1. The Labute approximate surface area is 191 Å². The molecule has 7 nitrogen and oxygen atoms in total. The van der Waals surface area contributed by atoms with Crippen LogP contribution in [0, 0.1) is 0 Å². The summed E-state index contributed by atoms with van der Waals surface area (Å²) in [6.45, 7) is 7.86. The number of hydrogen-bond donors (Lipinski definition) is 0. The van der Waals surface area contributed by atoms with Gasteiger partial charge in [0.15, 0.2) is 5.69 Å². The zero-order chi connectivity index (χ0) is 22.5. The Hall–Kier alpha value is -3.39. The highest BCUT2D eigenvalue weighted by molar-refractivity contribution is 7.99. The van der Waals surface area contributed by atoms with E-state index in [1.807, 2.05) is 55.5 Å². The molecule has 0 unspecified atom stereocenters. The molecule has 0 radical (unpaired) electrons. The van der Waals surface area contributed by atoms with Gasteiger partial charge < -0.3 is 9.47 Å². The van der Waals surface area contributed by atoms with Crippen LogP contribution in [-0.4, -0.2) is 33.4 Å². The molecule has 0 bridgehead atoms. The molecule has 0 aliphatic carbocycles. The fourth-order valence-electron chi connectivity index (χ4n) is 3.48. The van der Waals surface area contributed by atoms with Gasteiger partial charge in [-0.15, -0.1) is 16.8 Å². The number of aromatic nitrogens is 3. The summed E-state index contributed by atoms with van der Waals surface area (Å²) in [6, 6.07) is 15.1. The van der Waals surface area contributed by atoms with Crippen molar-refractivity contribution in [2.75, 3.05) is 17.3 Å². The Bertz CT molecular complexity index is 1140. The zero-order valence-corrected chi connectivity index (χ0v) is 18.8. The van der Waals surface area contributed by atoms with Crippen LogP contribution in [0.4, 0.5) is 5.69 Å². The molecule has 1 aromatic heterocycles. The van der Waals surface area contributed by atoms with Crippen LogP contribution in [-0.2, 0) is 4.79 Å². The van der Waals surface area contributed by atoms with Gasteiger partial charge in [-0.3, -0.25) is 9.69 Å². The fraction of sp³-hybridized carbons (Fsp3) is 0.250. The summed E-state index contributed by atoms with van der Waals surface area (Å²) >= 11 is 1.41. The number of fused-ring (bicyclic) bond motifs is 3. The van der Waals surface area contributed by atoms with Crippen LogP contribution >= 0.6 is 11.8 Å². The highest BCUT2D eigenvalue weighted by Crippen LogP contribution is 2.44. The molecular formula is C24H24N4O3S. The molecule has 1 amide bonds. The molecule has 2 heterocycles. The zero-order valence-electron chi connectivity index (χ0n) is 18.0. The van der Waals surface area contributed by atoms with Gasteiger partial charge in [0.05, 0.1) is 17.9 Å². The molecular weight excluding hydrogens is 424 g/mol. The number of amides is 1. The lowest BCUT2D eigenvalue weighted by Gasteiger charge is -2.30. The third-order valence-electron chi connectivity index (χ3n) is 4.83. The maximum Gasteiger partial charge on any atom is 0.247 e. The molecule has 1 aliphatic heterocycles. The summed E-state index contributed by atoms with van der Waals surface area (Å²) in [5.74, 6) is 1.45. The third-order valence-corrected chi connectivity index (χ3v) is 5.66. The first-order chi connectivity index (χ1) is 15.6. The van der Waals surface area contributed by atoms with E-state index in [0.29, 0.717) is 40.5 Å². The summed E-state index contributed by atoms with van der Waals surface area (Å²) < 4.78 is 12.4. The molecule has 1 aliphatic rings. The van der Waals surface area contributed by atoms with Gasteiger partial charge in [-0.1, -0.05) is 55.1 Å². The molecule has 164 valence electrons. The molecule has 0 saturated carbocycles. The van der Waals surface area contributed by atoms with Gasteiger partial charge >= 0.3 is 0 Å². The van der Waals surface area contributed by atoms with Crippen LogP contribution in [0.5, 0.6) is 11.6 Å². The van der Waals surface area contributed by atoms with Crippen LogP contribution in [0.3, 0.4) is 0 Å².